The van der Waals surface area contributed by atoms with Crippen LogP contribution in [0.3, 0.4) is 0 Å². The Balaban J connectivity index is 1.48. The molecule has 0 saturated carbocycles. The van der Waals surface area contributed by atoms with E-state index in [1.54, 1.807) is 24.3 Å². The number of carbonyl (C=O) groups is 2. The fourth-order valence-electron chi connectivity index (χ4n) is 3.05. The smallest absolute Gasteiger partial charge is 0.335 e. The van der Waals surface area contributed by atoms with E-state index < -0.39 is 5.97 Å². The van der Waals surface area contributed by atoms with Crippen LogP contribution in [0, 0.1) is 0 Å². The molecular weight excluding hydrogens is 318 g/mol. The fraction of sp³-hybridized carbons (Fsp3) is 0.300. The van der Waals surface area contributed by atoms with Crippen LogP contribution in [-0.2, 0) is 22.4 Å². The Bertz CT molecular complexity index is 755. The third-order valence-corrected chi connectivity index (χ3v) is 4.40. The second-order valence-corrected chi connectivity index (χ2v) is 6.11. The van der Waals surface area contributed by atoms with E-state index in [1.807, 2.05) is 18.2 Å². The highest BCUT2D eigenvalue weighted by Crippen LogP contribution is 2.29. The van der Waals surface area contributed by atoms with Gasteiger partial charge in [-0.15, -0.1) is 0 Å². The Morgan fingerprint density at radius 2 is 1.88 bits per heavy atom. The summed E-state index contributed by atoms with van der Waals surface area (Å²) in [7, 11) is 0. The molecule has 1 amide bonds. The molecule has 0 aliphatic carbocycles. The summed E-state index contributed by atoms with van der Waals surface area (Å²) >= 11 is 0. The molecule has 2 N–H and O–H groups in total. The zero-order chi connectivity index (χ0) is 17.6. The molecule has 0 bridgehead atoms. The second-order valence-electron chi connectivity index (χ2n) is 6.11. The number of hydrogen-bond acceptors (Lipinski definition) is 3. The van der Waals surface area contributed by atoms with Crippen LogP contribution < -0.4 is 5.32 Å². The first kappa shape index (κ1) is 17.2. The summed E-state index contributed by atoms with van der Waals surface area (Å²) < 4.78 is 5.76. The monoisotopic (exact) mass is 339 g/mol. The van der Waals surface area contributed by atoms with E-state index in [2.05, 4.69) is 11.4 Å². The van der Waals surface area contributed by atoms with Crippen molar-refractivity contribution in [2.24, 2.45) is 0 Å². The van der Waals surface area contributed by atoms with E-state index in [0.717, 1.165) is 17.5 Å². The van der Waals surface area contributed by atoms with E-state index in [0.29, 0.717) is 26.0 Å². The molecule has 25 heavy (non-hydrogen) atoms. The average Bonchev–Trinajstić information content (AvgIpc) is 2.62. The molecule has 5 heteroatoms. The van der Waals surface area contributed by atoms with Crippen LogP contribution in [0.2, 0.25) is 0 Å². The molecular formula is C20H21NO4. The lowest BCUT2D eigenvalue weighted by molar-refractivity contribution is -0.124. The van der Waals surface area contributed by atoms with Gasteiger partial charge >= 0.3 is 5.97 Å². The standard InChI is InChI=1S/C20H21NO4/c22-19(13-18-17-4-2-1-3-15(17)10-12-25-18)21-11-9-14-5-7-16(8-6-14)20(23)24/h1-8,18H,9-13H2,(H,21,22)(H,23,24)/t18-/m0/s1. The second kappa shape index (κ2) is 7.94. The Morgan fingerprint density at radius 3 is 2.64 bits per heavy atom. The molecule has 1 atom stereocenters. The van der Waals surface area contributed by atoms with Crippen LogP contribution >= 0.6 is 0 Å². The summed E-state index contributed by atoms with van der Waals surface area (Å²) in [4.78, 5) is 23.0. The lowest BCUT2D eigenvalue weighted by Gasteiger charge is -2.25. The number of amides is 1. The maximum Gasteiger partial charge on any atom is 0.335 e. The Morgan fingerprint density at radius 1 is 1.12 bits per heavy atom. The first-order valence-electron chi connectivity index (χ1n) is 8.42. The average molecular weight is 339 g/mol. The third kappa shape index (κ3) is 4.45. The molecule has 3 rings (SSSR count). The van der Waals surface area contributed by atoms with Crippen molar-refractivity contribution < 1.29 is 19.4 Å². The zero-order valence-corrected chi connectivity index (χ0v) is 13.9. The Hall–Kier alpha value is -2.66. The molecule has 5 nitrogen and oxygen atoms in total. The Labute approximate surface area is 146 Å². The summed E-state index contributed by atoms with van der Waals surface area (Å²) in [6, 6.07) is 14.8. The van der Waals surface area contributed by atoms with Crippen molar-refractivity contribution in [2.75, 3.05) is 13.2 Å². The van der Waals surface area contributed by atoms with Gasteiger partial charge in [-0.3, -0.25) is 4.79 Å². The number of aromatic carboxylic acids is 1. The molecule has 0 radical (unpaired) electrons. The topological polar surface area (TPSA) is 75.6 Å². The Kier molecular flexibility index (Phi) is 5.46. The van der Waals surface area contributed by atoms with Crippen LogP contribution in [0.25, 0.3) is 0 Å². The predicted molar refractivity (Wildman–Crippen MR) is 93.6 cm³/mol. The number of carboxylic acid groups (broad SMARTS) is 1. The molecule has 0 aromatic heterocycles. The molecule has 0 unspecified atom stereocenters. The molecule has 1 aliphatic heterocycles. The van der Waals surface area contributed by atoms with Crippen LogP contribution in [0.1, 0.15) is 39.6 Å². The number of rotatable bonds is 6. The van der Waals surface area contributed by atoms with Crippen molar-refractivity contribution in [3.05, 3.63) is 70.8 Å². The van der Waals surface area contributed by atoms with Gasteiger partial charge in [0.2, 0.25) is 5.91 Å². The van der Waals surface area contributed by atoms with Gasteiger partial charge in [0.25, 0.3) is 0 Å². The van der Waals surface area contributed by atoms with Crippen molar-refractivity contribution in [1.29, 1.82) is 0 Å². The molecule has 0 spiro atoms. The number of ether oxygens (including phenoxy) is 1. The summed E-state index contributed by atoms with van der Waals surface area (Å²) in [5.41, 5.74) is 3.61. The highest BCUT2D eigenvalue weighted by atomic mass is 16.5. The normalized spacial score (nSPS) is 16.1. The van der Waals surface area contributed by atoms with Crippen LogP contribution in [0.4, 0.5) is 0 Å². The van der Waals surface area contributed by atoms with Crippen molar-refractivity contribution in [3.8, 4) is 0 Å². The molecule has 0 fully saturated rings. The maximum absolute atomic E-state index is 12.2. The fourth-order valence-corrected chi connectivity index (χ4v) is 3.05. The predicted octanol–water partition coefficient (Wildman–Crippen LogP) is 2.75. The van der Waals surface area contributed by atoms with Gasteiger partial charge in [0.15, 0.2) is 0 Å². The molecule has 1 aliphatic rings. The van der Waals surface area contributed by atoms with E-state index in [1.165, 1.54) is 5.56 Å². The molecule has 0 saturated heterocycles. The largest absolute Gasteiger partial charge is 0.478 e. The van der Waals surface area contributed by atoms with E-state index >= 15 is 0 Å². The van der Waals surface area contributed by atoms with E-state index in [9.17, 15) is 9.59 Å². The van der Waals surface area contributed by atoms with Crippen LogP contribution in [-0.4, -0.2) is 30.1 Å². The van der Waals surface area contributed by atoms with E-state index in [4.69, 9.17) is 9.84 Å². The minimum atomic E-state index is -0.937. The molecule has 130 valence electrons. The number of hydrogen-bond donors (Lipinski definition) is 2. The van der Waals surface area contributed by atoms with Gasteiger partial charge in [0.05, 0.1) is 24.7 Å². The minimum absolute atomic E-state index is 0.0381. The summed E-state index contributed by atoms with van der Waals surface area (Å²) in [6.45, 7) is 1.16. The summed E-state index contributed by atoms with van der Waals surface area (Å²) in [5.74, 6) is -0.975. The number of benzene rings is 2. The van der Waals surface area contributed by atoms with Crippen LogP contribution in [0.15, 0.2) is 48.5 Å². The van der Waals surface area contributed by atoms with Gasteiger partial charge in [0, 0.05) is 6.54 Å². The molecule has 1 heterocycles. The quantitative estimate of drug-likeness (QED) is 0.848. The number of fused-ring (bicyclic) bond motifs is 1. The number of carbonyl (C=O) groups excluding carboxylic acids is 1. The minimum Gasteiger partial charge on any atom is -0.478 e. The molecule has 2 aromatic rings. The number of carboxylic acids is 1. The lowest BCUT2D eigenvalue weighted by atomic mass is 9.95. The summed E-state index contributed by atoms with van der Waals surface area (Å²) in [6.07, 6.45) is 1.68. The van der Waals surface area contributed by atoms with Crippen LogP contribution in [0.5, 0.6) is 0 Å². The van der Waals surface area contributed by atoms with Gasteiger partial charge < -0.3 is 15.2 Å². The third-order valence-electron chi connectivity index (χ3n) is 4.40. The highest BCUT2D eigenvalue weighted by Gasteiger charge is 2.22. The molecule has 2 aromatic carbocycles. The first-order chi connectivity index (χ1) is 12.1. The lowest BCUT2D eigenvalue weighted by Crippen LogP contribution is -2.29. The first-order valence-corrected chi connectivity index (χ1v) is 8.42. The van der Waals surface area contributed by atoms with Gasteiger partial charge in [0.1, 0.15) is 0 Å². The van der Waals surface area contributed by atoms with Crippen molar-refractivity contribution >= 4 is 11.9 Å². The maximum atomic E-state index is 12.2. The van der Waals surface area contributed by atoms with Gasteiger partial charge in [-0.25, -0.2) is 4.79 Å². The SMILES string of the molecule is O=C(C[C@@H]1OCCc2ccccc21)NCCc1ccc(C(=O)O)cc1. The number of nitrogens with one attached hydrogen (secondary N) is 1. The van der Waals surface area contributed by atoms with Crippen molar-refractivity contribution in [3.63, 3.8) is 0 Å². The van der Waals surface area contributed by atoms with Crippen molar-refractivity contribution in [1.82, 2.24) is 5.32 Å². The van der Waals surface area contributed by atoms with E-state index in [-0.39, 0.29) is 17.6 Å². The zero-order valence-electron chi connectivity index (χ0n) is 13.9. The van der Waals surface area contributed by atoms with Gasteiger partial charge in [-0.05, 0) is 41.7 Å². The summed E-state index contributed by atoms with van der Waals surface area (Å²) in [5, 5.41) is 11.8. The highest BCUT2D eigenvalue weighted by molar-refractivity contribution is 5.87. The van der Waals surface area contributed by atoms with Crippen molar-refractivity contribution in [2.45, 2.75) is 25.4 Å². The van der Waals surface area contributed by atoms with Gasteiger partial charge in [-0.2, -0.15) is 0 Å². The van der Waals surface area contributed by atoms with Gasteiger partial charge in [-0.1, -0.05) is 36.4 Å².